The lowest BCUT2D eigenvalue weighted by Gasteiger charge is -2.12. The highest BCUT2D eigenvalue weighted by atomic mass is 16.3. The zero-order chi connectivity index (χ0) is 14.1. The van der Waals surface area contributed by atoms with Gasteiger partial charge in [-0.1, -0.05) is 29.7 Å². The first-order chi connectivity index (χ1) is 9.63. The maximum Gasteiger partial charge on any atom is 0.141 e. The van der Waals surface area contributed by atoms with Crippen LogP contribution in [0.25, 0.3) is 11.3 Å². The number of aromatic hydroxyl groups is 1. The van der Waals surface area contributed by atoms with Crippen LogP contribution in [0, 0.1) is 0 Å². The van der Waals surface area contributed by atoms with Gasteiger partial charge in [-0.2, -0.15) is 5.10 Å². The van der Waals surface area contributed by atoms with Crippen LogP contribution in [0.4, 0.5) is 0 Å². The molecule has 1 aliphatic rings. The molecule has 0 saturated heterocycles. The van der Waals surface area contributed by atoms with E-state index in [1.807, 2.05) is 36.5 Å². The molecule has 98 valence electrons. The average Bonchev–Trinajstić information content (AvgIpc) is 2.87. The average molecular weight is 263 g/mol. The lowest BCUT2D eigenvalue weighted by atomic mass is 9.94. The Kier molecular flexibility index (Phi) is 3.18. The summed E-state index contributed by atoms with van der Waals surface area (Å²) in [7, 11) is 7.61. The van der Waals surface area contributed by atoms with E-state index < -0.39 is 0 Å². The van der Waals surface area contributed by atoms with E-state index in [4.69, 9.17) is 7.85 Å². The van der Waals surface area contributed by atoms with Crippen molar-refractivity contribution in [2.45, 2.75) is 5.92 Å². The van der Waals surface area contributed by atoms with E-state index in [9.17, 15) is 5.11 Å². The lowest BCUT2D eigenvalue weighted by molar-refractivity contribution is 0.380. The van der Waals surface area contributed by atoms with Gasteiger partial charge in [-0.3, -0.25) is 5.01 Å². The molecule has 1 aromatic heterocycles. The molecule has 2 heterocycles. The third kappa shape index (κ3) is 2.39. The van der Waals surface area contributed by atoms with Gasteiger partial charge in [0.05, 0.1) is 11.6 Å². The van der Waals surface area contributed by atoms with Crippen molar-refractivity contribution in [2.24, 2.45) is 5.10 Å². The third-order valence-electron chi connectivity index (χ3n) is 3.36. The van der Waals surface area contributed by atoms with Crippen LogP contribution in [-0.4, -0.2) is 42.8 Å². The Balaban J connectivity index is 1.99. The lowest BCUT2D eigenvalue weighted by Crippen LogP contribution is -2.13. The molecule has 1 aromatic carbocycles. The first kappa shape index (κ1) is 12.7. The molecule has 0 amide bonds. The molecular formula is C15H14BN3O. The number of rotatable bonds is 2. The van der Waals surface area contributed by atoms with Crippen LogP contribution in [0.1, 0.15) is 11.6 Å². The van der Waals surface area contributed by atoms with Gasteiger partial charge in [0.2, 0.25) is 0 Å². The summed E-state index contributed by atoms with van der Waals surface area (Å²) < 4.78 is 0. The SMILES string of the molecule is [B]c1ccc(-c2nc(C3C=NN(C)C3)ccc2O)cc1. The van der Waals surface area contributed by atoms with Crippen molar-refractivity contribution in [1.29, 1.82) is 0 Å². The monoisotopic (exact) mass is 263 g/mol. The zero-order valence-corrected chi connectivity index (χ0v) is 11.2. The van der Waals surface area contributed by atoms with Crippen molar-refractivity contribution in [3.63, 3.8) is 0 Å². The summed E-state index contributed by atoms with van der Waals surface area (Å²) in [6.45, 7) is 0.805. The number of likely N-dealkylation sites (N-methyl/N-ethyl adjacent to an activating group) is 1. The second-order valence-electron chi connectivity index (χ2n) is 4.94. The molecule has 1 unspecified atom stereocenters. The molecule has 0 bridgehead atoms. The Morgan fingerprint density at radius 3 is 2.60 bits per heavy atom. The minimum absolute atomic E-state index is 0.160. The van der Waals surface area contributed by atoms with Crippen LogP contribution in [0.5, 0.6) is 5.75 Å². The highest BCUT2D eigenvalue weighted by Crippen LogP contribution is 2.29. The van der Waals surface area contributed by atoms with Crippen LogP contribution in [0.15, 0.2) is 41.5 Å². The van der Waals surface area contributed by atoms with Crippen molar-refractivity contribution in [3.05, 3.63) is 42.1 Å². The fourth-order valence-corrected chi connectivity index (χ4v) is 2.27. The summed E-state index contributed by atoms with van der Waals surface area (Å²) in [5.41, 5.74) is 3.02. The third-order valence-corrected chi connectivity index (χ3v) is 3.36. The molecule has 0 aliphatic carbocycles. The fraction of sp³-hybridized carbons (Fsp3) is 0.200. The topological polar surface area (TPSA) is 48.7 Å². The quantitative estimate of drug-likeness (QED) is 0.830. The van der Waals surface area contributed by atoms with Crippen LogP contribution in [0.2, 0.25) is 0 Å². The van der Waals surface area contributed by atoms with Gasteiger partial charge in [0, 0.05) is 25.4 Å². The van der Waals surface area contributed by atoms with E-state index in [0.29, 0.717) is 11.2 Å². The molecule has 1 N–H and O–H groups in total. The van der Waals surface area contributed by atoms with E-state index in [1.54, 1.807) is 18.2 Å². The number of hydrogen-bond donors (Lipinski definition) is 1. The van der Waals surface area contributed by atoms with Gasteiger partial charge in [-0.05, 0) is 12.1 Å². The number of hydrogen-bond acceptors (Lipinski definition) is 4. The van der Waals surface area contributed by atoms with E-state index >= 15 is 0 Å². The molecule has 4 nitrogen and oxygen atoms in total. The van der Waals surface area contributed by atoms with E-state index in [-0.39, 0.29) is 11.7 Å². The Bertz CT molecular complexity index is 655. The van der Waals surface area contributed by atoms with Crippen LogP contribution in [0.3, 0.4) is 0 Å². The minimum Gasteiger partial charge on any atom is -0.506 e. The maximum absolute atomic E-state index is 10.0. The zero-order valence-electron chi connectivity index (χ0n) is 11.2. The summed E-state index contributed by atoms with van der Waals surface area (Å²) in [5, 5.41) is 16.1. The molecule has 0 spiro atoms. The summed E-state index contributed by atoms with van der Waals surface area (Å²) in [5.74, 6) is 0.329. The molecule has 0 saturated carbocycles. The minimum atomic E-state index is 0.160. The highest BCUT2D eigenvalue weighted by molar-refractivity contribution is 6.32. The smallest absolute Gasteiger partial charge is 0.141 e. The van der Waals surface area contributed by atoms with Gasteiger partial charge in [-0.15, -0.1) is 0 Å². The summed E-state index contributed by atoms with van der Waals surface area (Å²) in [4.78, 5) is 4.58. The van der Waals surface area contributed by atoms with Gasteiger partial charge in [0.1, 0.15) is 19.3 Å². The molecule has 5 heteroatoms. The van der Waals surface area contributed by atoms with Crippen molar-refractivity contribution in [2.75, 3.05) is 13.6 Å². The Morgan fingerprint density at radius 2 is 1.95 bits per heavy atom. The van der Waals surface area contributed by atoms with Crippen molar-refractivity contribution in [3.8, 4) is 17.0 Å². The van der Waals surface area contributed by atoms with Crippen LogP contribution in [-0.2, 0) is 0 Å². The second kappa shape index (κ2) is 5.00. The molecule has 2 aromatic rings. The van der Waals surface area contributed by atoms with E-state index in [0.717, 1.165) is 17.8 Å². The fourth-order valence-electron chi connectivity index (χ4n) is 2.27. The van der Waals surface area contributed by atoms with E-state index in [2.05, 4.69) is 10.1 Å². The summed E-state index contributed by atoms with van der Waals surface area (Å²) >= 11 is 0. The molecule has 2 radical (unpaired) electrons. The van der Waals surface area contributed by atoms with Crippen LogP contribution < -0.4 is 5.46 Å². The molecule has 1 aliphatic heterocycles. The molecule has 20 heavy (non-hydrogen) atoms. The number of nitrogens with zero attached hydrogens (tertiary/aromatic N) is 3. The highest BCUT2D eigenvalue weighted by Gasteiger charge is 2.19. The van der Waals surface area contributed by atoms with Gasteiger partial charge in [-0.25, -0.2) is 4.98 Å². The number of hydrazone groups is 1. The predicted molar refractivity (Wildman–Crippen MR) is 80.6 cm³/mol. The first-order valence-corrected chi connectivity index (χ1v) is 6.44. The van der Waals surface area contributed by atoms with Crippen molar-refractivity contribution in [1.82, 2.24) is 9.99 Å². The van der Waals surface area contributed by atoms with Gasteiger partial charge in [0.25, 0.3) is 0 Å². The van der Waals surface area contributed by atoms with Crippen molar-refractivity contribution < 1.29 is 5.11 Å². The van der Waals surface area contributed by atoms with Gasteiger partial charge in [0.15, 0.2) is 0 Å². The largest absolute Gasteiger partial charge is 0.506 e. The Labute approximate surface area is 119 Å². The molecule has 3 rings (SSSR count). The number of aromatic nitrogens is 1. The molecule has 1 atom stereocenters. The summed E-state index contributed by atoms with van der Waals surface area (Å²) in [6.07, 6.45) is 1.88. The number of pyridine rings is 1. The van der Waals surface area contributed by atoms with Crippen molar-refractivity contribution >= 4 is 19.5 Å². The van der Waals surface area contributed by atoms with Gasteiger partial charge >= 0.3 is 0 Å². The normalized spacial score (nSPS) is 17.6. The Morgan fingerprint density at radius 1 is 1.20 bits per heavy atom. The maximum atomic E-state index is 10.0. The standard InChI is InChI=1S/C15H14BN3O/c1-19-9-11(8-17-19)13-6-7-14(20)15(18-13)10-2-4-12(16)5-3-10/h2-8,11,20H,9H2,1H3. The Hall–Kier alpha value is -2.30. The van der Waals surface area contributed by atoms with Gasteiger partial charge < -0.3 is 5.11 Å². The molecular weight excluding hydrogens is 249 g/mol. The molecule has 0 fully saturated rings. The number of benzene rings is 1. The van der Waals surface area contributed by atoms with Crippen LogP contribution >= 0.6 is 0 Å². The summed E-state index contributed by atoms with van der Waals surface area (Å²) in [6, 6.07) is 10.8. The van der Waals surface area contributed by atoms with E-state index in [1.165, 1.54) is 0 Å². The first-order valence-electron chi connectivity index (χ1n) is 6.44. The predicted octanol–water partition coefficient (Wildman–Crippen LogP) is 1.26. The second-order valence-corrected chi connectivity index (χ2v) is 4.94.